The fraction of sp³-hybridized carbons (Fsp3) is 0.214. The number of halogens is 1. The molecule has 1 aromatic heterocycles. The molecule has 94 valence electrons. The van der Waals surface area contributed by atoms with Crippen LogP contribution in [0.2, 0.25) is 0 Å². The van der Waals surface area contributed by atoms with Crippen molar-refractivity contribution in [3.8, 4) is 0 Å². The number of pyridine rings is 1. The van der Waals surface area contributed by atoms with Crippen LogP contribution < -0.4 is 11.3 Å². The molecule has 3 nitrogen and oxygen atoms in total. The molecule has 0 saturated carbocycles. The standard InChI is InChI=1S/C14H16FN3/c1-10-7-12(5-6-17-10)14(18-16)9-11-3-2-4-13(15)8-11/h2-8,14,18H,9,16H2,1H3. The molecule has 0 aliphatic rings. The van der Waals surface area contributed by atoms with Crippen molar-refractivity contribution in [2.45, 2.75) is 19.4 Å². The van der Waals surface area contributed by atoms with Crippen LogP contribution >= 0.6 is 0 Å². The first-order chi connectivity index (χ1) is 8.69. The fourth-order valence-corrected chi connectivity index (χ4v) is 1.96. The van der Waals surface area contributed by atoms with Gasteiger partial charge in [0.2, 0.25) is 0 Å². The molecule has 2 aromatic rings. The second kappa shape index (κ2) is 5.71. The second-order valence-electron chi connectivity index (χ2n) is 4.28. The molecule has 18 heavy (non-hydrogen) atoms. The fourth-order valence-electron chi connectivity index (χ4n) is 1.96. The molecule has 0 amide bonds. The Bertz CT molecular complexity index is 528. The Hall–Kier alpha value is -1.78. The monoisotopic (exact) mass is 245 g/mol. The van der Waals surface area contributed by atoms with E-state index in [1.165, 1.54) is 12.1 Å². The average Bonchev–Trinajstić information content (AvgIpc) is 2.36. The third-order valence-electron chi connectivity index (χ3n) is 2.85. The third-order valence-corrected chi connectivity index (χ3v) is 2.85. The lowest BCUT2D eigenvalue weighted by atomic mass is 9.99. The smallest absolute Gasteiger partial charge is 0.123 e. The highest BCUT2D eigenvalue weighted by Gasteiger charge is 2.11. The van der Waals surface area contributed by atoms with Gasteiger partial charge in [0.15, 0.2) is 0 Å². The molecule has 1 aromatic carbocycles. The van der Waals surface area contributed by atoms with Crippen LogP contribution in [0.4, 0.5) is 4.39 Å². The normalized spacial score (nSPS) is 12.4. The first-order valence-electron chi connectivity index (χ1n) is 5.82. The third kappa shape index (κ3) is 3.12. The van der Waals surface area contributed by atoms with Gasteiger partial charge in [0.05, 0.1) is 6.04 Å². The number of hydrogen-bond acceptors (Lipinski definition) is 3. The lowest BCUT2D eigenvalue weighted by molar-refractivity contribution is 0.547. The van der Waals surface area contributed by atoms with Crippen LogP contribution in [0.5, 0.6) is 0 Å². The number of aromatic nitrogens is 1. The summed E-state index contributed by atoms with van der Waals surface area (Å²) in [6, 6.07) is 10.4. The van der Waals surface area contributed by atoms with Gasteiger partial charge in [-0.25, -0.2) is 4.39 Å². The molecular formula is C14H16FN3. The first kappa shape index (κ1) is 12.7. The Morgan fingerprint density at radius 1 is 1.33 bits per heavy atom. The van der Waals surface area contributed by atoms with Crippen LogP contribution in [0, 0.1) is 12.7 Å². The molecule has 0 fully saturated rings. The highest BCUT2D eigenvalue weighted by atomic mass is 19.1. The SMILES string of the molecule is Cc1cc(C(Cc2cccc(F)c2)NN)ccn1. The van der Waals surface area contributed by atoms with Crippen LogP contribution in [0.25, 0.3) is 0 Å². The zero-order chi connectivity index (χ0) is 13.0. The van der Waals surface area contributed by atoms with E-state index < -0.39 is 0 Å². The number of rotatable bonds is 4. The van der Waals surface area contributed by atoms with Crippen LogP contribution in [0.1, 0.15) is 22.9 Å². The van der Waals surface area contributed by atoms with Crippen molar-refractivity contribution < 1.29 is 4.39 Å². The molecule has 0 aliphatic carbocycles. The Morgan fingerprint density at radius 2 is 2.17 bits per heavy atom. The van der Waals surface area contributed by atoms with Gasteiger partial charge in [0, 0.05) is 11.9 Å². The van der Waals surface area contributed by atoms with Crippen molar-refractivity contribution >= 4 is 0 Å². The summed E-state index contributed by atoms with van der Waals surface area (Å²) in [6.07, 6.45) is 2.39. The minimum atomic E-state index is -0.228. The maximum atomic E-state index is 13.1. The lowest BCUT2D eigenvalue weighted by Crippen LogP contribution is -2.29. The van der Waals surface area contributed by atoms with Crippen LogP contribution in [0.3, 0.4) is 0 Å². The van der Waals surface area contributed by atoms with E-state index in [4.69, 9.17) is 5.84 Å². The molecule has 3 N–H and O–H groups in total. The van der Waals surface area contributed by atoms with E-state index in [1.54, 1.807) is 12.3 Å². The van der Waals surface area contributed by atoms with E-state index in [-0.39, 0.29) is 11.9 Å². The van der Waals surface area contributed by atoms with Crippen molar-refractivity contribution in [3.63, 3.8) is 0 Å². The number of benzene rings is 1. The number of aryl methyl sites for hydroxylation is 1. The number of nitrogens with zero attached hydrogens (tertiary/aromatic N) is 1. The lowest BCUT2D eigenvalue weighted by Gasteiger charge is -2.16. The minimum absolute atomic E-state index is 0.0477. The average molecular weight is 245 g/mol. The summed E-state index contributed by atoms with van der Waals surface area (Å²) >= 11 is 0. The Morgan fingerprint density at radius 3 is 2.83 bits per heavy atom. The summed E-state index contributed by atoms with van der Waals surface area (Å²) in [5.74, 6) is 5.35. The zero-order valence-electron chi connectivity index (χ0n) is 10.2. The molecule has 0 aliphatic heterocycles. The van der Waals surface area contributed by atoms with E-state index in [0.717, 1.165) is 16.8 Å². The number of hydrogen-bond donors (Lipinski definition) is 2. The molecule has 0 spiro atoms. The molecule has 0 saturated heterocycles. The van der Waals surface area contributed by atoms with E-state index in [9.17, 15) is 4.39 Å². The zero-order valence-corrected chi connectivity index (χ0v) is 10.2. The predicted octanol–water partition coefficient (Wildman–Crippen LogP) is 2.28. The Kier molecular flexibility index (Phi) is 4.02. The van der Waals surface area contributed by atoms with Crippen molar-refractivity contribution in [1.29, 1.82) is 0 Å². The molecular weight excluding hydrogens is 229 g/mol. The van der Waals surface area contributed by atoms with Gasteiger partial charge >= 0.3 is 0 Å². The summed E-state index contributed by atoms with van der Waals surface area (Å²) in [5.41, 5.74) is 5.66. The summed E-state index contributed by atoms with van der Waals surface area (Å²) in [5, 5.41) is 0. The van der Waals surface area contributed by atoms with Crippen LogP contribution in [-0.2, 0) is 6.42 Å². The van der Waals surface area contributed by atoms with E-state index >= 15 is 0 Å². The molecule has 0 bridgehead atoms. The molecule has 1 heterocycles. The Labute approximate surface area is 106 Å². The van der Waals surface area contributed by atoms with Gasteiger partial charge in [-0.05, 0) is 48.7 Å². The molecule has 1 atom stereocenters. The van der Waals surface area contributed by atoms with Crippen molar-refractivity contribution in [3.05, 3.63) is 65.2 Å². The van der Waals surface area contributed by atoms with Gasteiger partial charge in [-0.15, -0.1) is 0 Å². The van der Waals surface area contributed by atoms with E-state index in [2.05, 4.69) is 10.4 Å². The molecule has 2 rings (SSSR count). The second-order valence-corrected chi connectivity index (χ2v) is 4.28. The number of nitrogens with two attached hydrogens (primary N) is 1. The van der Waals surface area contributed by atoms with E-state index in [1.807, 2.05) is 25.1 Å². The molecule has 4 heteroatoms. The number of nitrogens with one attached hydrogen (secondary N) is 1. The quantitative estimate of drug-likeness (QED) is 0.642. The summed E-state index contributed by atoms with van der Waals surface area (Å²) in [7, 11) is 0. The predicted molar refractivity (Wildman–Crippen MR) is 69.1 cm³/mol. The molecule has 0 radical (unpaired) electrons. The van der Waals surface area contributed by atoms with Crippen molar-refractivity contribution in [2.24, 2.45) is 5.84 Å². The van der Waals surface area contributed by atoms with Crippen molar-refractivity contribution in [2.75, 3.05) is 0 Å². The maximum absolute atomic E-state index is 13.1. The topological polar surface area (TPSA) is 50.9 Å². The summed E-state index contributed by atoms with van der Waals surface area (Å²) in [4.78, 5) is 4.15. The van der Waals surface area contributed by atoms with E-state index in [0.29, 0.717) is 6.42 Å². The maximum Gasteiger partial charge on any atom is 0.123 e. The van der Waals surface area contributed by atoms with Gasteiger partial charge < -0.3 is 0 Å². The van der Waals surface area contributed by atoms with Gasteiger partial charge in [-0.2, -0.15) is 0 Å². The Balaban J connectivity index is 2.19. The first-order valence-corrected chi connectivity index (χ1v) is 5.82. The summed E-state index contributed by atoms with van der Waals surface area (Å²) in [6.45, 7) is 1.93. The van der Waals surface area contributed by atoms with Crippen LogP contribution in [0.15, 0.2) is 42.6 Å². The largest absolute Gasteiger partial charge is 0.271 e. The van der Waals surface area contributed by atoms with Gasteiger partial charge in [-0.3, -0.25) is 16.3 Å². The van der Waals surface area contributed by atoms with Gasteiger partial charge in [-0.1, -0.05) is 12.1 Å². The van der Waals surface area contributed by atoms with Gasteiger partial charge in [0.1, 0.15) is 5.82 Å². The minimum Gasteiger partial charge on any atom is -0.271 e. The highest BCUT2D eigenvalue weighted by molar-refractivity contribution is 5.24. The van der Waals surface area contributed by atoms with Crippen LogP contribution in [-0.4, -0.2) is 4.98 Å². The number of hydrazine groups is 1. The summed E-state index contributed by atoms with van der Waals surface area (Å²) < 4.78 is 13.1. The molecule has 1 unspecified atom stereocenters. The van der Waals surface area contributed by atoms with Crippen molar-refractivity contribution in [1.82, 2.24) is 10.4 Å². The highest BCUT2D eigenvalue weighted by Crippen LogP contribution is 2.18. The van der Waals surface area contributed by atoms with Gasteiger partial charge in [0.25, 0.3) is 0 Å².